The molecule has 4 nitrogen and oxygen atoms in total. The Labute approximate surface area is 84.5 Å². The molecule has 0 saturated heterocycles. The first kappa shape index (κ1) is 9.52. The molecule has 1 aliphatic rings. The van der Waals surface area contributed by atoms with Gasteiger partial charge in [0.2, 0.25) is 5.95 Å². The lowest BCUT2D eigenvalue weighted by Gasteiger charge is -2.27. The Morgan fingerprint density at radius 1 is 1.57 bits per heavy atom. The van der Waals surface area contributed by atoms with Crippen molar-refractivity contribution in [3.8, 4) is 0 Å². The van der Waals surface area contributed by atoms with Crippen LogP contribution in [0.3, 0.4) is 0 Å². The van der Waals surface area contributed by atoms with Crippen LogP contribution in [0.25, 0.3) is 0 Å². The van der Waals surface area contributed by atoms with E-state index in [9.17, 15) is 0 Å². The van der Waals surface area contributed by atoms with Crippen LogP contribution in [0.4, 0.5) is 5.95 Å². The largest absolute Gasteiger partial charge is 0.354 e. The van der Waals surface area contributed by atoms with Crippen LogP contribution in [-0.4, -0.2) is 22.1 Å². The lowest BCUT2D eigenvalue weighted by molar-refractivity contribution is 0.473. The Morgan fingerprint density at radius 3 is 2.93 bits per heavy atom. The smallest absolute Gasteiger partial charge is 0.203 e. The van der Waals surface area contributed by atoms with Gasteiger partial charge in [-0.05, 0) is 0 Å². The van der Waals surface area contributed by atoms with Gasteiger partial charge in [0.25, 0.3) is 0 Å². The molecule has 0 aromatic carbocycles. The second kappa shape index (κ2) is 2.98. The molecule has 0 aliphatic carbocycles. The van der Waals surface area contributed by atoms with Crippen LogP contribution in [0.15, 0.2) is 6.20 Å². The normalized spacial score (nSPS) is 21.6. The summed E-state index contributed by atoms with van der Waals surface area (Å²) in [6.45, 7) is 8.27. The first-order valence-corrected chi connectivity index (χ1v) is 5.04. The van der Waals surface area contributed by atoms with Crippen LogP contribution in [-0.2, 0) is 12.0 Å². The molecule has 0 spiro atoms. The van der Waals surface area contributed by atoms with Gasteiger partial charge in [0, 0.05) is 30.2 Å². The van der Waals surface area contributed by atoms with E-state index in [0.717, 1.165) is 19.0 Å². The monoisotopic (exact) mass is 194 g/mol. The molecule has 0 bridgehead atoms. The summed E-state index contributed by atoms with van der Waals surface area (Å²) in [5, 5.41) is 3.23. The molecule has 4 heteroatoms. The highest BCUT2D eigenvalue weighted by Gasteiger charge is 2.25. The van der Waals surface area contributed by atoms with E-state index in [1.165, 1.54) is 5.69 Å². The van der Waals surface area contributed by atoms with Gasteiger partial charge in [0.15, 0.2) is 0 Å². The highest BCUT2D eigenvalue weighted by atomic mass is 15.2. The summed E-state index contributed by atoms with van der Waals surface area (Å²) >= 11 is 0. The minimum atomic E-state index is 0.129. The van der Waals surface area contributed by atoms with Crippen LogP contribution in [0.2, 0.25) is 0 Å². The van der Waals surface area contributed by atoms with Gasteiger partial charge < -0.3 is 15.6 Å². The minimum absolute atomic E-state index is 0.129. The van der Waals surface area contributed by atoms with E-state index in [1.807, 2.05) is 6.20 Å². The summed E-state index contributed by atoms with van der Waals surface area (Å²) in [7, 11) is 0. The van der Waals surface area contributed by atoms with Gasteiger partial charge in [0.1, 0.15) is 0 Å². The summed E-state index contributed by atoms with van der Waals surface area (Å²) in [6, 6.07) is 0.192. The Morgan fingerprint density at radius 2 is 2.29 bits per heavy atom. The maximum absolute atomic E-state index is 5.91. The Balaban J connectivity index is 2.41. The molecule has 1 atom stereocenters. The van der Waals surface area contributed by atoms with Crippen molar-refractivity contribution >= 4 is 5.95 Å². The molecular formula is C10H18N4. The number of fused-ring (bicyclic) bond motifs is 1. The predicted molar refractivity (Wildman–Crippen MR) is 57.4 cm³/mol. The van der Waals surface area contributed by atoms with Gasteiger partial charge in [-0.1, -0.05) is 20.8 Å². The van der Waals surface area contributed by atoms with Crippen LogP contribution < -0.4 is 11.1 Å². The van der Waals surface area contributed by atoms with Crippen molar-refractivity contribution in [2.75, 3.05) is 11.9 Å². The van der Waals surface area contributed by atoms with Gasteiger partial charge >= 0.3 is 0 Å². The molecule has 0 radical (unpaired) electrons. The maximum atomic E-state index is 5.91. The number of nitrogens with one attached hydrogen (secondary N) is 1. The fourth-order valence-corrected chi connectivity index (χ4v) is 1.82. The van der Waals surface area contributed by atoms with E-state index in [2.05, 4.69) is 35.6 Å². The lowest BCUT2D eigenvalue weighted by atomic mass is 9.92. The Hall–Kier alpha value is -1.03. The summed E-state index contributed by atoms with van der Waals surface area (Å²) in [4.78, 5) is 4.35. The standard InChI is InChI=1S/C10H18N4/c1-10(2,3)8-5-13-9-12-4-7(11)6-14(8)9/h5,7H,4,6,11H2,1-3H3,(H,12,13). The van der Waals surface area contributed by atoms with E-state index < -0.39 is 0 Å². The maximum Gasteiger partial charge on any atom is 0.203 e. The summed E-state index contributed by atoms with van der Waals surface area (Å²) in [5.74, 6) is 0.955. The lowest BCUT2D eigenvalue weighted by Crippen LogP contribution is -2.39. The fraction of sp³-hybridized carbons (Fsp3) is 0.700. The zero-order valence-corrected chi connectivity index (χ0v) is 9.04. The molecule has 1 unspecified atom stereocenters. The second-order valence-electron chi connectivity index (χ2n) is 4.97. The van der Waals surface area contributed by atoms with Gasteiger partial charge in [-0.25, -0.2) is 4.98 Å². The SMILES string of the molecule is CC(C)(C)c1cnc2n1CC(N)CN2. The second-order valence-corrected chi connectivity index (χ2v) is 4.97. The fourth-order valence-electron chi connectivity index (χ4n) is 1.82. The number of hydrogen-bond donors (Lipinski definition) is 2. The van der Waals surface area contributed by atoms with E-state index in [0.29, 0.717) is 0 Å². The highest BCUT2D eigenvalue weighted by molar-refractivity contribution is 5.34. The zero-order chi connectivity index (χ0) is 10.3. The molecule has 78 valence electrons. The van der Waals surface area contributed by atoms with Crippen molar-refractivity contribution in [1.82, 2.24) is 9.55 Å². The minimum Gasteiger partial charge on any atom is -0.354 e. The molecule has 1 aromatic heterocycles. The van der Waals surface area contributed by atoms with Gasteiger partial charge in [0.05, 0.1) is 6.20 Å². The molecule has 14 heavy (non-hydrogen) atoms. The topological polar surface area (TPSA) is 55.9 Å². The van der Waals surface area contributed by atoms with Crippen molar-refractivity contribution in [3.63, 3.8) is 0 Å². The third-order valence-electron chi connectivity index (χ3n) is 2.56. The molecule has 1 aliphatic heterocycles. The average molecular weight is 194 g/mol. The quantitative estimate of drug-likeness (QED) is 0.646. The molecule has 0 fully saturated rings. The number of hydrogen-bond acceptors (Lipinski definition) is 3. The third kappa shape index (κ3) is 1.50. The van der Waals surface area contributed by atoms with Crippen molar-refractivity contribution < 1.29 is 0 Å². The van der Waals surface area contributed by atoms with Crippen molar-refractivity contribution in [2.45, 2.75) is 38.8 Å². The summed E-state index contributed by atoms with van der Waals surface area (Å²) in [5.41, 5.74) is 7.28. The van der Waals surface area contributed by atoms with Crippen LogP contribution >= 0.6 is 0 Å². The molecular weight excluding hydrogens is 176 g/mol. The average Bonchev–Trinajstić information content (AvgIpc) is 2.45. The number of aromatic nitrogens is 2. The van der Waals surface area contributed by atoms with Gasteiger partial charge in [-0.3, -0.25) is 0 Å². The van der Waals surface area contributed by atoms with Crippen LogP contribution in [0.5, 0.6) is 0 Å². The first-order chi connectivity index (χ1) is 6.48. The molecule has 3 N–H and O–H groups in total. The molecule has 2 heterocycles. The van der Waals surface area contributed by atoms with Crippen LogP contribution in [0.1, 0.15) is 26.5 Å². The predicted octanol–water partition coefficient (Wildman–Crippen LogP) is 0.933. The molecule has 2 rings (SSSR count). The van der Waals surface area contributed by atoms with Gasteiger partial charge in [-0.2, -0.15) is 0 Å². The van der Waals surface area contributed by atoms with Crippen molar-refractivity contribution in [3.05, 3.63) is 11.9 Å². The first-order valence-electron chi connectivity index (χ1n) is 5.04. The van der Waals surface area contributed by atoms with Crippen LogP contribution in [0, 0.1) is 0 Å². The Bertz CT molecular complexity index is 334. The zero-order valence-electron chi connectivity index (χ0n) is 9.04. The number of imidazole rings is 1. The summed E-state index contributed by atoms with van der Waals surface area (Å²) in [6.07, 6.45) is 1.94. The molecule has 0 amide bonds. The third-order valence-corrected chi connectivity index (χ3v) is 2.56. The number of rotatable bonds is 0. The van der Waals surface area contributed by atoms with E-state index in [4.69, 9.17) is 5.73 Å². The molecule has 0 saturated carbocycles. The van der Waals surface area contributed by atoms with Crippen molar-refractivity contribution in [1.29, 1.82) is 0 Å². The molecule has 1 aromatic rings. The Kier molecular flexibility index (Phi) is 2.03. The van der Waals surface area contributed by atoms with Crippen molar-refractivity contribution in [2.24, 2.45) is 5.73 Å². The number of anilines is 1. The van der Waals surface area contributed by atoms with Gasteiger partial charge in [-0.15, -0.1) is 0 Å². The summed E-state index contributed by atoms with van der Waals surface area (Å²) < 4.78 is 2.19. The number of nitrogens with two attached hydrogens (primary N) is 1. The van der Waals surface area contributed by atoms with E-state index in [-0.39, 0.29) is 11.5 Å². The van der Waals surface area contributed by atoms with E-state index in [1.54, 1.807) is 0 Å². The highest BCUT2D eigenvalue weighted by Crippen LogP contribution is 2.26. The van der Waals surface area contributed by atoms with E-state index >= 15 is 0 Å². The number of nitrogens with zero attached hydrogens (tertiary/aromatic N) is 2.